The van der Waals surface area contributed by atoms with E-state index in [9.17, 15) is 0 Å². The molecule has 2 rings (SSSR count). The molecule has 1 aromatic carbocycles. The van der Waals surface area contributed by atoms with Gasteiger partial charge in [-0.15, -0.1) is 0 Å². The Balaban J connectivity index is 1.57. The Bertz CT molecular complexity index is 388. The van der Waals surface area contributed by atoms with Crippen LogP contribution in [0.25, 0.3) is 0 Å². The molecule has 1 aromatic rings. The Kier molecular flexibility index (Phi) is 7.00. The minimum absolute atomic E-state index is 0.581. The Morgan fingerprint density at radius 3 is 2.62 bits per heavy atom. The molecule has 1 aliphatic rings. The SMILES string of the molecule is CN(CCCOc1ccc(CN)cc1)CC1CCOCC1. The van der Waals surface area contributed by atoms with Crippen molar-refractivity contribution in [3.63, 3.8) is 0 Å². The number of nitrogens with zero attached hydrogens (tertiary/aromatic N) is 1. The van der Waals surface area contributed by atoms with Gasteiger partial charge in [0.2, 0.25) is 0 Å². The van der Waals surface area contributed by atoms with Gasteiger partial charge in [-0.2, -0.15) is 0 Å². The normalized spacial score (nSPS) is 16.3. The van der Waals surface area contributed by atoms with Gasteiger partial charge >= 0.3 is 0 Å². The second-order valence-corrected chi connectivity index (χ2v) is 5.87. The van der Waals surface area contributed by atoms with Crippen molar-refractivity contribution in [1.82, 2.24) is 4.90 Å². The van der Waals surface area contributed by atoms with E-state index in [2.05, 4.69) is 11.9 Å². The van der Waals surface area contributed by atoms with Crippen LogP contribution in [0.2, 0.25) is 0 Å². The zero-order chi connectivity index (χ0) is 14.9. The molecule has 4 nitrogen and oxygen atoms in total. The van der Waals surface area contributed by atoms with Crippen molar-refractivity contribution in [1.29, 1.82) is 0 Å². The standard InChI is InChI=1S/C17H28N2O2/c1-19(14-16-7-11-20-12-8-16)9-2-10-21-17-5-3-15(13-18)4-6-17/h3-6,16H,2,7-14,18H2,1H3. The average molecular weight is 292 g/mol. The summed E-state index contributed by atoms with van der Waals surface area (Å²) in [6.07, 6.45) is 3.46. The molecule has 1 heterocycles. The molecule has 0 aliphatic carbocycles. The lowest BCUT2D eigenvalue weighted by Gasteiger charge is -2.27. The summed E-state index contributed by atoms with van der Waals surface area (Å²) in [5.74, 6) is 1.73. The van der Waals surface area contributed by atoms with Gasteiger partial charge < -0.3 is 20.1 Å². The van der Waals surface area contributed by atoms with Crippen LogP contribution < -0.4 is 10.5 Å². The first-order valence-corrected chi connectivity index (χ1v) is 7.96. The predicted molar refractivity (Wildman–Crippen MR) is 85.5 cm³/mol. The van der Waals surface area contributed by atoms with Gasteiger partial charge in [0.05, 0.1) is 6.61 Å². The second-order valence-electron chi connectivity index (χ2n) is 5.87. The summed E-state index contributed by atoms with van der Waals surface area (Å²) in [5, 5.41) is 0. The Morgan fingerprint density at radius 2 is 1.95 bits per heavy atom. The summed E-state index contributed by atoms with van der Waals surface area (Å²) in [6.45, 7) is 5.46. The van der Waals surface area contributed by atoms with E-state index in [1.54, 1.807) is 0 Å². The lowest BCUT2D eigenvalue weighted by molar-refractivity contribution is 0.0552. The molecule has 1 fully saturated rings. The van der Waals surface area contributed by atoms with E-state index in [1.807, 2.05) is 24.3 Å². The Morgan fingerprint density at radius 1 is 1.24 bits per heavy atom. The van der Waals surface area contributed by atoms with Crippen molar-refractivity contribution in [2.45, 2.75) is 25.8 Å². The topological polar surface area (TPSA) is 47.7 Å². The van der Waals surface area contributed by atoms with Gasteiger partial charge in [-0.05, 0) is 49.9 Å². The van der Waals surface area contributed by atoms with Crippen molar-refractivity contribution >= 4 is 0 Å². The van der Waals surface area contributed by atoms with Crippen molar-refractivity contribution < 1.29 is 9.47 Å². The van der Waals surface area contributed by atoms with Crippen LogP contribution in [0, 0.1) is 5.92 Å². The molecule has 0 atom stereocenters. The quantitative estimate of drug-likeness (QED) is 0.747. The molecular formula is C17H28N2O2. The van der Waals surface area contributed by atoms with Crippen LogP contribution in [0.5, 0.6) is 5.75 Å². The average Bonchev–Trinajstić information content (AvgIpc) is 2.53. The third-order valence-electron chi connectivity index (χ3n) is 4.02. The zero-order valence-corrected chi connectivity index (χ0v) is 13.1. The molecular weight excluding hydrogens is 264 g/mol. The highest BCUT2D eigenvalue weighted by Crippen LogP contribution is 2.16. The van der Waals surface area contributed by atoms with E-state index in [-0.39, 0.29) is 0 Å². The van der Waals surface area contributed by atoms with Crippen LogP contribution in [-0.2, 0) is 11.3 Å². The second kappa shape index (κ2) is 9.03. The van der Waals surface area contributed by atoms with Gasteiger partial charge in [-0.3, -0.25) is 0 Å². The van der Waals surface area contributed by atoms with Gasteiger partial charge in [0.15, 0.2) is 0 Å². The monoisotopic (exact) mass is 292 g/mol. The van der Waals surface area contributed by atoms with Crippen molar-refractivity contribution in [3.8, 4) is 5.75 Å². The molecule has 0 aromatic heterocycles. The maximum atomic E-state index is 5.76. The molecule has 0 spiro atoms. The van der Waals surface area contributed by atoms with Crippen LogP contribution in [0.15, 0.2) is 24.3 Å². The molecule has 0 unspecified atom stereocenters. The van der Waals surface area contributed by atoms with Gasteiger partial charge in [0.1, 0.15) is 5.75 Å². The van der Waals surface area contributed by atoms with Crippen LogP contribution in [0.1, 0.15) is 24.8 Å². The molecule has 0 radical (unpaired) electrons. The first-order chi connectivity index (χ1) is 10.3. The lowest BCUT2D eigenvalue weighted by Crippen LogP contribution is -2.30. The highest BCUT2D eigenvalue weighted by Gasteiger charge is 2.15. The molecule has 21 heavy (non-hydrogen) atoms. The predicted octanol–water partition coefficient (Wildman–Crippen LogP) is 2.27. The van der Waals surface area contributed by atoms with Crippen LogP contribution in [0.4, 0.5) is 0 Å². The fourth-order valence-electron chi connectivity index (χ4n) is 2.71. The van der Waals surface area contributed by atoms with E-state index in [0.717, 1.165) is 50.0 Å². The highest BCUT2D eigenvalue weighted by atomic mass is 16.5. The molecule has 1 aliphatic heterocycles. The van der Waals surface area contributed by atoms with Crippen LogP contribution in [-0.4, -0.2) is 44.9 Å². The maximum absolute atomic E-state index is 5.76. The molecule has 1 saturated heterocycles. The van der Waals surface area contributed by atoms with E-state index in [1.165, 1.54) is 19.4 Å². The molecule has 0 amide bonds. The summed E-state index contributed by atoms with van der Waals surface area (Å²) in [7, 11) is 2.20. The maximum Gasteiger partial charge on any atom is 0.119 e. The van der Waals surface area contributed by atoms with Gasteiger partial charge in [0, 0.05) is 32.8 Å². The molecule has 2 N–H and O–H groups in total. The Labute approximate surface area is 128 Å². The van der Waals surface area contributed by atoms with E-state index >= 15 is 0 Å². The number of nitrogens with two attached hydrogens (primary N) is 1. The molecule has 0 saturated carbocycles. The lowest BCUT2D eigenvalue weighted by atomic mass is 10.00. The molecule has 4 heteroatoms. The largest absolute Gasteiger partial charge is 0.494 e. The summed E-state index contributed by atoms with van der Waals surface area (Å²) in [5.41, 5.74) is 6.71. The van der Waals surface area contributed by atoms with Gasteiger partial charge in [-0.1, -0.05) is 12.1 Å². The minimum atomic E-state index is 0.581. The number of rotatable bonds is 8. The third-order valence-corrected chi connectivity index (χ3v) is 4.02. The van der Waals surface area contributed by atoms with Gasteiger partial charge in [0.25, 0.3) is 0 Å². The summed E-state index contributed by atoms with van der Waals surface area (Å²) in [6, 6.07) is 8.03. The smallest absolute Gasteiger partial charge is 0.119 e. The summed E-state index contributed by atoms with van der Waals surface area (Å²) < 4.78 is 11.2. The van der Waals surface area contributed by atoms with Crippen molar-refractivity contribution in [2.24, 2.45) is 11.7 Å². The Hall–Kier alpha value is -1.10. The fraction of sp³-hybridized carbons (Fsp3) is 0.647. The van der Waals surface area contributed by atoms with Crippen molar-refractivity contribution in [3.05, 3.63) is 29.8 Å². The van der Waals surface area contributed by atoms with E-state index in [4.69, 9.17) is 15.2 Å². The molecule has 118 valence electrons. The number of hydrogen-bond donors (Lipinski definition) is 1. The number of ether oxygens (including phenoxy) is 2. The number of benzene rings is 1. The summed E-state index contributed by atoms with van der Waals surface area (Å²) >= 11 is 0. The van der Waals surface area contributed by atoms with E-state index < -0.39 is 0 Å². The zero-order valence-electron chi connectivity index (χ0n) is 13.1. The van der Waals surface area contributed by atoms with E-state index in [0.29, 0.717) is 6.54 Å². The third kappa shape index (κ3) is 6.04. The van der Waals surface area contributed by atoms with Crippen LogP contribution >= 0.6 is 0 Å². The molecule has 0 bridgehead atoms. The van der Waals surface area contributed by atoms with Crippen molar-refractivity contribution in [2.75, 3.05) is 40.0 Å². The van der Waals surface area contributed by atoms with Gasteiger partial charge in [-0.25, -0.2) is 0 Å². The first-order valence-electron chi connectivity index (χ1n) is 7.96. The minimum Gasteiger partial charge on any atom is -0.494 e. The fourth-order valence-corrected chi connectivity index (χ4v) is 2.71. The first kappa shape index (κ1) is 16.3. The van der Waals surface area contributed by atoms with Crippen LogP contribution in [0.3, 0.4) is 0 Å². The highest BCUT2D eigenvalue weighted by molar-refractivity contribution is 5.26. The summed E-state index contributed by atoms with van der Waals surface area (Å²) in [4.78, 5) is 2.41. The number of hydrogen-bond acceptors (Lipinski definition) is 4.